The van der Waals surface area contributed by atoms with Crippen LogP contribution in [-0.2, 0) is 27.1 Å². The second kappa shape index (κ2) is 16.4. The summed E-state index contributed by atoms with van der Waals surface area (Å²) in [7, 11) is 0. The minimum absolute atomic E-state index is 0.00889. The van der Waals surface area contributed by atoms with Gasteiger partial charge in [0.15, 0.2) is 0 Å². The lowest BCUT2D eigenvalue weighted by Crippen LogP contribution is -2.61. The van der Waals surface area contributed by atoms with Gasteiger partial charge in [0.25, 0.3) is 6.71 Å². The molecule has 2 aliphatic carbocycles. The highest BCUT2D eigenvalue weighted by molar-refractivity contribution is 7.00. The molecule has 3 unspecified atom stereocenters. The lowest BCUT2D eigenvalue weighted by molar-refractivity contribution is 0.195. The van der Waals surface area contributed by atoms with Crippen LogP contribution < -0.4 is 41.7 Å². The third kappa shape index (κ3) is 6.80. The third-order valence-corrected chi connectivity index (χ3v) is 20.5. The van der Waals surface area contributed by atoms with Crippen LogP contribution in [0, 0.1) is 6.92 Å². The highest BCUT2D eigenvalue weighted by Gasteiger charge is 2.59. The number of rotatable bonds is 4. The quantitative estimate of drug-likeness (QED) is 0.140. The average molecular weight is 1020 g/mol. The second-order valence-corrected chi connectivity index (χ2v) is 27.6. The number of fused-ring (bicyclic) bond motifs is 13. The molecule has 0 spiro atoms. The minimum Gasteiger partial charge on any atom is -0.398 e. The van der Waals surface area contributed by atoms with E-state index in [-0.39, 0.29) is 39.3 Å². The van der Waals surface area contributed by atoms with Crippen molar-refractivity contribution in [2.24, 2.45) is 0 Å². The van der Waals surface area contributed by atoms with E-state index in [2.05, 4.69) is 260 Å². The maximum Gasteiger partial charge on any atom is 0.252 e. The van der Waals surface area contributed by atoms with E-state index in [1.54, 1.807) is 0 Å². The van der Waals surface area contributed by atoms with Crippen molar-refractivity contribution in [1.82, 2.24) is 0 Å². The van der Waals surface area contributed by atoms with Gasteiger partial charge in [-0.3, -0.25) is 0 Å². The topological polar surface area (TPSA) is 39.0 Å². The van der Waals surface area contributed by atoms with Crippen molar-refractivity contribution in [3.05, 3.63) is 197 Å². The van der Waals surface area contributed by atoms with Crippen LogP contribution >= 0.6 is 0 Å². The van der Waals surface area contributed by atoms with Crippen molar-refractivity contribution in [2.45, 2.75) is 154 Å². The summed E-state index contributed by atoms with van der Waals surface area (Å²) in [6, 6.07) is 61.7. The van der Waals surface area contributed by atoms with Gasteiger partial charge in [-0.2, -0.15) is 0 Å². The molecule has 0 radical (unpaired) electrons. The number of anilines is 12. The summed E-state index contributed by atoms with van der Waals surface area (Å²) in [5.41, 5.74) is 34.5. The average Bonchev–Trinajstić information content (AvgIpc) is 2.94. The molecule has 78 heavy (non-hydrogen) atoms. The maximum atomic E-state index is 7.59. The van der Waals surface area contributed by atoms with Gasteiger partial charge in [-0.1, -0.05) is 155 Å². The number of benzene rings is 8. The van der Waals surface area contributed by atoms with Gasteiger partial charge in [0.1, 0.15) is 0 Å². The standard InChI is InChI=1S/C72H76BN5/c1-45-37-53-54-43-61(45)77-63-39-51(78-62-44-55(70(54,10)36-35-69(53,8)9)59(74)42-56(62)71(11)33-19-20-34-72(71,78)12)30-31-57(63)73-58-38-47(68(5,6)7)27-32-60(58)76(50-28-25-46(26-29-50)67(2,3)4)64-40-52(41-65(77)66(64)73)75(48-21-15-13-16-22-48)49-23-17-14-18-24-49/h13-18,21-32,37-44H,19-20,33-36,74H2,1-12H3. The molecule has 3 atom stereocenters. The molecule has 6 heteroatoms. The molecule has 0 aromatic heterocycles. The summed E-state index contributed by atoms with van der Waals surface area (Å²) in [6.07, 6.45) is 6.77. The van der Waals surface area contributed by atoms with Gasteiger partial charge in [0, 0.05) is 73.4 Å². The molecule has 5 nitrogen and oxygen atoms in total. The molecule has 0 amide bonds. The van der Waals surface area contributed by atoms with Gasteiger partial charge >= 0.3 is 0 Å². The van der Waals surface area contributed by atoms with Crippen LogP contribution in [0.2, 0.25) is 0 Å². The molecular formula is C72H76BN5. The first-order chi connectivity index (χ1) is 37.1. The fourth-order valence-electron chi connectivity index (χ4n) is 15.7. The molecule has 4 aliphatic heterocycles. The smallest absolute Gasteiger partial charge is 0.252 e. The summed E-state index contributed by atoms with van der Waals surface area (Å²) in [5.74, 6) is 0. The highest BCUT2D eigenvalue weighted by Crippen LogP contribution is 2.64. The van der Waals surface area contributed by atoms with Crippen LogP contribution in [0.25, 0.3) is 0 Å². The van der Waals surface area contributed by atoms with Crippen molar-refractivity contribution in [2.75, 3.05) is 25.3 Å². The van der Waals surface area contributed by atoms with Crippen LogP contribution in [-0.4, -0.2) is 12.3 Å². The first kappa shape index (κ1) is 49.1. The normalized spacial score (nSPS) is 22.0. The van der Waals surface area contributed by atoms with E-state index in [1.807, 2.05) is 0 Å². The van der Waals surface area contributed by atoms with E-state index in [1.165, 1.54) is 108 Å². The van der Waals surface area contributed by atoms with E-state index in [0.717, 1.165) is 54.1 Å². The summed E-state index contributed by atoms with van der Waals surface area (Å²) in [4.78, 5) is 10.6. The number of aryl methyl sites for hydroxylation is 1. The summed E-state index contributed by atoms with van der Waals surface area (Å²) >= 11 is 0. The number of nitrogens with zero attached hydrogens (tertiary/aromatic N) is 4. The Hall–Kier alpha value is -7.18. The van der Waals surface area contributed by atoms with Gasteiger partial charge < -0.3 is 25.3 Å². The van der Waals surface area contributed by atoms with Crippen molar-refractivity contribution in [3.8, 4) is 0 Å². The molecule has 4 heterocycles. The van der Waals surface area contributed by atoms with Gasteiger partial charge in [-0.25, -0.2) is 0 Å². The number of nitrogens with two attached hydrogens (primary N) is 1. The predicted molar refractivity (Wildman–Crippen MR) is 333 cm³/mol. The Morgan fingerprint density at radius 2 is 1.09 bits per heavy atom. The van der Waals surface area contributed by atoms with Gasteiger partial charge in [0.2, 0.25) is 0 Å². The van der Waals surface area contributed by atoms with Gasteiger partial charge in [0.05, 0.1) is 11.2 Å². The van der Waals surface area contributed by atoms with E-state index in [4.69, 9.17) is 5.73 Å². The molecule has 6 aliphatic rings. The van der Waals surface area contributed by atoms with Crippen LogP contribution in [0.4, 0.5) is 68.2 Å². The fourth-order valence-corrected chi connectivity index (χ4v) is 15.7. The maximum absolute atomic E-state index is 7.59. The van der Waals surface area contributed by atoms with Crippen molar-refractivity contribution in [3.63, 3.8) is 0 Å². The first-order valence-electron chi connectivity index (χ1n) is 29.1. The highest BCUT2D eigenvalue weighted by atomic mass is 15.3. The Labute approximate surface area is 465 Å². The molecule has 1 saturated carbocycles. The van der Waals surface area contributed by atoms with Gasteiger partial charge in [-0.05, 0) is 196 Å². The zero-order valence-electron chi connectivity index (χ0n) is 48.2. The lowest BCUT2D eigenvalue weighted by atomic mass is 9.33. The van der Waals surface area contributed by atoms with E-state index in [0.29, 0.717) is 0 Å². The van der Waals surface area contributed by atoms with Crippen LogP contribution in [0.15, 0.2) is 158 Å². The molecule has 0 saturated heterocycles. The molecular weight excluding hydrogens is 946 g/mol. The Bertz CT molecular complexity index is 3750. The summed E-state index contributed by atoms with van der Waals surface area (Å²) in [6.45, 7) is 28.9. The minimum atomic E-state index is -0.335. The SMILES string of the molecule is Cc1cc2c3cc1N1c4cc(ccc4B4c5cc(C(C)(C)C)ccc5N(c5ccc(C(C)(C)C)cc5)c5cc(N(c6ccccc6)c6ccccc6)cc1c54)N1c4cc(c(N)cc4C4(C)CCCCC14C)C3(C)CCC2(C)C. The molecule has 8 aromatic rings. The van der Waals surface area contributed by atoms with Crippen LogP contribution in [0.1, 0.15) is 154 Å². The van der Waals surface area contributed by atoms with E-state index < -0.39 is 0 Å². The molecule has 14 rings (SSSR count). The van der Waals surface area contributed by atoms with Gasteiger partial charge in [-0.15, -0.1) is 0 Å². The van der Waals surface area contributed by atoms with Crippen LogP contribution in [0.5, 0.6) is 0 Å². The largest absolute Gasteiger partial charge is 0.398 e. The van der Waals surface area contributed by atoms with Crippen molar-refractivity contribution in [1.29, 1.82) is 0 Å². The Morgan fingerprint density at radius 3 is 1.76 bits per heavy atom. The first-order valence-corrected chi connectivity index (χ1v) is 29.1. The van der Waals surface area contributed by atoms with Crippen molar-refractivity contribution < 1.29 is 0 Å². The number of para-hydroxylation sites is 2. The van der Waals surface area contributed by atoms with Crippen molar-refractivity contribution >= 4 is 91.3 Å². The number of hydrogen-bond donors (Lipinski definition) is 1. The second-order valence-electron chi connectivity index (χ2n) is 27.6. The zero-order valence-corrected chi connectivity index (χ0v) is 48.2. The Balaban J connectivity index is 1.15. The van der Waals surface area contributed by atoms with E-state index in [9.17, 15) is 0 Å². The molecule has 8 aromatic carbocycles. The Kier molecular flexibility index (Phi) is 10.4. The summed E-state index contributed by atoms with van der Waals surface area (Å²) in [5, 5.41) is 0. The lowest BCUT2D eigenvalue weighted by Gasteiger charge is -2.51. The Morgan fingerprint density at radius 1 is 0.474 bits per heavy atom. The van der Waals surface area contributed by atoms with Crippen LogP contribution in [0.3, 0.4) is 0 Å². The predicted octanol–water partition coefficient (Wildman–Crippen LogP) is 17.2. The van der Waals surface area contributed by atoms with E-state index >= 15 is 0 Å². The molecule has 392 valence electrons. The summed E-state index contributed by atoms with van der Waals surface area (Å²) < 4.78 is 0. The molecule has 2 N–H and O–H groups in total. The monoisotopic (exact) mass is 1020 g/mol. The number of nitrogen functional groups attached to an aromatic ring is 1. The molecule has 1 fully saturated rings. The zero-order chi connectivity index (χ0) is 54.2. The number of hydrogen-bond acceptors (Lipinski definition) is 5. The fraction of sp³-hybridized carbons (Fsp3) is 0.333. The molecule has 6 bridgehead atoms. The third-order valence-electron chi connectivity index (χ3n) is 20.5.